The van der Waals surface area contributed by atoms with Gasteiger partial charge in [0.2, 0.25) is 0 Å². The van der Waals surface area contributed by atoms with E-state index < -0.39 is 35.5 Å². The molecule has 1 aromatic heterocycles. The second-order valence-electron chi connectivity index (χ2n) is 7.52. The zero-order valence-corrected chi connectivity index (χ0v) is 17.2. The first-order valence-electron chi connectivity index (χ1n) is 9.93. The van der Waals surface area contributed by atoms with Crippen LogP contribution in [-0.4, -0.2) is 10.5 Å². The van der Waals surface area contributed by atoms with Crippen LogP contribution in [0.2, 0.25) is 0 Å². The predicted molar refractivity (Wildman–Crippen MR) is 116 cm³/mol. The number of carbonyl (C=O) groups is 1. The Kier molecular flexibility index (Phi) is 5.81. The van der Waals surface area contributed by atoms with Crippen molar-refractivity contribution < 1.29 is 18.0 Å². The van der Waals surface area contributed by atoms with E-state index in [-0.39, 0.29) is 11.1 Å². The number of hydrogen-bond donors (Lipinski definition) is 1. The maximum atomic E-state index is 13.9. The van der Waals surface area contributed by atoms with Crippen LogP contribution in [0.4, 0.5) is 13.2 Å². The number of pyridine rings is 1. The van der Waals surface area contributed by atoms with Gasteiger partial charge in [0, 0.05) is 35.7 Å². The molecule has 3 aromatic carbocycles. The van der Waals surface area contributed by atoms with Crippen LogP contribution >= 0.6 is 0 Å². The zero-order valence-electron chi connectivity index (χ0n) is 17.2. The average Bonchev–Trinajstić information content (AvgIpc) is 2.74. The average molecular weight is 436 g/mol. The summed E-state index contributed by atoms with van der Waals surface area (Å²) in [6, 6.07) is 17.0. The van der Waals surface area contributed by atoms with Gasteiger partial charge in [-0.2, -0.15) is 0 Å². The van der Waals surface area contributed by atoms with Crippen molar-refractivity contribution in [1.82, 2.24) is 9.88 Å². The number of carbonyl (C=O) groups excluding carboxylic acids is 1. The van der Waals surface area contributed by atoms with Crippen LogP contribution in [0.5, 0.6) is 0 Å². The van der Waals surface area contributed by atoms with E-state index in [1.165, 1.54) is 6.07 Å². The molecule has 0 aliphatic rings. The summed E-state index contributed by atoms with van der Waals surface area (Å²) in [6.45, 7) is 1.80. The molecule has 0 fully saturated rings. The molecule has 0 atom stereocenters. The molecule has 4 rings (SSSR count). The summed E-state index contributed by atoms with van der Waals surface area (Å²) in [5.41, 5.74) is 1.82. The van der Waals surface area contributed by atoms with E-state index in [0.717, 1.165) is 11.1 Å². The molecule has 4 aromatic rings. The highest BCUT2D eigenvalue weighted by molar-refractivity contribution is 6.06. The molecule has 1 amide bonds. The largest absolute Gasteiger partial charge is 0.348 e. The molecule has 0 saturated carbocycles. The van der Waals surface area contributed by atoms with E-state index in [1.54, 1.807) is 28.8 Å². The Balaban J connectivity index is 1.68. The van der Waals surface area contributed by atoms with Gasteiger partial charge < -0.3 is 9.88 Å². The second-order valence-corrected chi connectivity index (χ2v) is 7.52. The first-order valence-corrected chi connectivity index (χ1v) is 9.93. The van der Waals surface area contributed by atoms with Crippen molar-refractivity contribution in [3.8, 4) is 0 Å². The van der Waals surface area contributed by atoms with Crippen molar-refractivity contribution in [1.29, 1.82) is 0 Å². The van der Waals surface area contributed by atoms with Gasteiger partial charge in [0.05, 0.1) is 17.6 Å². The van der Waals surface area contributed by atoms with Crippen molar-refractivity contribution >= 4 is 16.8 Å². The fourth-order valence-corrected chi connectivity index (χ4v) is 3.68. The molecule has 0 spiro atoms. The molecule has 0 bridgehead atoms. The van der Waals surface area contributed by atoms with Gasteiger partial charge in [0.25, 0.3) is 11.5 Å². The molecule has 1 heterocycles. The van der Waals surface area contributed by atoms with Gasteiger partial charge in [-0.25, -0.2) is 13.2 Å². The third-order valence-electron chi connectivity index (χ3n) is 5.22. The molecular formula is C25H19F3N2O2. The SMILES string of the molecule is Cc1cccc(Cn2c(=O)cc(C(=O)NCc3c(F)cc(F)cc3F)c3ccccc32)c1. The molecule has 0 unspecified atom stereocenters. The summed E-state index contributed by atoms with van der Waals surface area (Å²) in [4.78, 5) is 25.7. The molecule has 0 aliphatic carbocycles. The lowest BCUT2D eigenvalue weighted by atomic mass is 10.1. The summed E-state index contributed by atoms with van der Waals surface area (Å²) in [5, 5.41) is 2.95. The number of hydrogen-bond acceptors (Lipinski definition) is 2. The zero-order chi connectivity index (χ0) is 22.8. The normalized spacial score (nSPS) is 11.0. The van der Waals surface area contributed by atoms with E-state index >= 15 is 0 Å². The minimum atomic E-state index is -1.10. The van der Waals surface area contributed by atoms with Crippen molar-refractivity contribution in [3.63, 3.8) is 0 Å². The second kappa shape index (κ2) is 8.70. The minimum absolute atomic E-state index is 0.0917. The molecular weight excluding hydrogens is 417 g/mol. The fourth-order valence-electron chi connectivity index (χ4n) is 3.68. The number of nitrogens with zero attached hydrogens (tertiary/aromatic N) is 1. The Morgan fingerprint density at radius 1 is 0.938 bits per heavy atom. The number of aromatic nitrogens is 1. The monoisotopic (exact) mass is 436 g/mol. The van der Waals surface area contributed by atoms with Crippen molar-refractivity contribution in [2.24, 2.45) is 0 Å². The van der Waals surface area contributed by atoms with E-state index in [4.69, 9.17) is 0 Å². The number of nitrogens with one attached hydrogen (secondary N) is 1. The van der Waals surface area contributed by atoms with Crippen molar-refractivity contribution in [2.45, 2.75) is 20.0 Å². The highest BCUT2D eigenvalue weighted by Gasteiger charge is 2.17. The summed E-state index contributed by atoms with van der Waals surface area (Å²) >= 11 is 0. The number of amides is 1. The Hall–Kier alpha value is -3.87. The van der Waals surface area contributed by atoms with Crippen LogP contribution in [-0.2, 0) is 13.1 Å². The Morgan fingerprint density at radius 2 is 1.66 bits per heavy atom. The number of benzene rings is 3. The van der Waals surface area contributed by atoms with E-state index in [1.807, 2.05) is 31.2 Å². The van der Waals surface area contributed by atoms with Gasteiger partial charge >= 0.3 is 0 Å². The lowest BCUT2D eigenvalue weighted by molar-refractivity contribution is 0.0951. The number of fused-ring (bicyclic) bond motifs is 1. The fraction of sp³-hybridized carbons (Fsp3) is 0.120. The van der Waals surface area contributed by atoms with E-state index in [9.17, 15) is 22.8 Å². The molecule has 7 heteroatoms. The topological polar surface area (TPSA) is 51.1 Å². The maximum absolute atomic E-state index is 13.9. The molecule has 162 valence electrons. The van der Waals surface area contributed by atoms with Gasteiger partial charge in [-0.1, -0.05) is 48.0 Å². The smallest absolute Gasteiger partial charge is 0.252 e. The van der Waals surface area contributed by atoms with Crippen LogP contribution < -0.4 is 10.9 Å². The van der Waals surface area contributed by atoms with Gasteiger partial charge in [0.15, 0.2) is 0 Å². The van der Waals surface area contributed by atoms with Crippen LogP contribution in [0.3, 0.4) is 0 Å². The minimum Gasteiger partial charge on any atom is -0.348 e. The maximum Gasteiger partial charge on any atom is 0.252 e. The summed E-state index contributed by atoms with van der Waals surface area (Å²) < 4.78 is 42.4. The Bertz CT molecular complexity index is 1370. The molecule has 1 N–H and O–H groups in total. The third kappa shape index (κ3) is 4.27. The summed E-state index contributed by atoms with van der Waals surface area (Å²) in [5.74, 6) is -3.90. The first kappa shape index (κ1) is 21.4. The number of para-hydroxylation sites is 1. The van der Waals surface area contributed by atoms with Gasteiger partial charge in [-0.15, -0.1) is 0 Å². The first-order chi connectivity index (χ1) is 15.3. The highest BCUT2D eigenvalue weighted by atomic mass is 19.1. The molecule has 0 aliphatic heterocycles. The van der Waals surface area contributed by atoms with Crippen LogP contribution in [0, 0.1) is 24.4 Å². The van der Waals surface area contributed by atoms with Gasteiger partial charge in [-0.05, 0) is 18.6 Å². The lowest BCUT2D eigenvalue weighted by Crippen LogP contribution is -2.28. The van der Waals surface area contributed by atoms with Gasteiger partial charge in [-0.3, -0.25) is 9.59 Å². The van der Waals surface area contributed by atoms with Crippen LogP contribution in [0.25, 0.3) is 10.9 Å². The standard InChI is InChI=1S/C25H19F3N2O2/c1-15-5-4-6-16(9-15)14-30-23-8-3-2-7-18(23)19(12-24(30)31)25(32)29-13-20-21(27)10-17(26)11-22(20)28/h2-12H,13-14H2,1H3,(H,29,32). The van der Waals surface area contributed by atoms with E-state index in [2.05, 4.69) is 5.32 Å². The number of aryl methyl sites for hydroxylation is 1. The van der Waals surface area contributed by atoms with Crippen LogP contribution in [0.15, 0.2) is 71.5 Å². The van der Waals surface area contributed by atoms with Gasteiger partial charge in [0.1, 0.15) is 17.5 Å². The molecule has 32 heavy (non-hydrogen) atoms. The van der Waals surface area contributed by atoms with Crippen molar-refractivity contribution in [3.05, 3.63) is 117 Å². The lowest BCUT2D eigenvalue weighted by Gasteiger charge is -2.14. The third-order valence-corrected chi connectivity index (χ3v) is 5.22. The number of halogens is 3. The quantitative estimate of drug-likeness (QED) is 0.493. The number of rotatable bonds is 5. The van der Waals surface area contributed by atoms with Crippen molar-refractivity contribution in [2.75, 3.05) is 0 Å². The Labute approximate surface area is 181 Å². The molecule has 4 nitrogen and oxygen atoms in total. The predicted octanol–water partition coefficient (Wildman–Crippen LogP) is 4.71. The van der Waals surface area contributed by atoms with E-state index in [0.29, 0.717) is 29.6 Å². The summed E-state index contributed by atoms with van der Waals surface area (Å²) in [7, 11) is 0. The highest BCUT2D eigenvalue weighted by Crippen LogP contribution is 2.19. The Morgan fingerprint density at radius 3 is 2.38 bits per heavy atom. The molecule has 0 saturated heterocycles. The van der Waals surface area contributed by atoms with Crippen LogP contribution in [0.1, 0.15) is 27.0 Å². The summed E-state index contributed by atoms with van der Waals surface area (Å²) in [6.07, 6.45) is 0. The molecule has 0 radical (unpaired) electrons.